The van der Waals surface area contributed by atoms with Gasteiger partial charge in [-0.1, -0.05) is 24.8 Å². The molecule has 0 aliphatic carbocycles. The number of amides is 2. The normalized spacial score (nSPS) is 18.0. The molecule has 0 radical (unpaired) electrons. The average molecular weight is 382 g/mol. The molecular formula is C22H23FN2O3. The van der Waals surface area contributed by atoms with E-state index in [-0.39, 0.29) is 29.0 Å². The molecule has 28 heavy (non-hydrogen) atoms. The summed E-state index contributed by atoms with van der Waals surface area (Å²) in [5, 5.41) is 12.8. The number of anilines is 1. The lowest BCUT2D eigenvalue weighted by Crippen LogP contribution is -2.45. The molecule has 1 heterocycles. The van der Waals surface area contributed by atoms with Crippen LogP contribution in [0.1, 0.15) is 42.1 Å². The Labute approximate surface area is 163 Å². The number of phenols is 1. The van der Waals surface area contributed by atoms with Crippen LogP contribution >= 0.6 is 0 Å². The number of likely N-dealkylation sites (tertiary alicyclic amines) is 1. The van der Waals surface area contributed by atoms with E-state index in [1.807, 2.05) is 13.8 Å². The second kappa shape index (κ2) is 7.46. The summed E-state index contributed by atoms with van der Waals surface area (Å²) in [4.78, 5) is 26.4. The van der Waals surface area contributed by atoms with Crippen molar-refractivity contribution in [2.24, 2.45) is 0 Å². The van der Waals surface area contributed by atoms with Gasteiger partial charge in [0.2, 0.25) is 5.91 Å². The van der Waals surface area contributed by atoms with Crippen LogP contribution in [0, 0.1) is 5.82 Å². The third kappa shape index (κ3) is 3.50. The van der Waals surface area contributed by atoms with E-state index in [1.54, 1.807) is 23.1 Å². The zero-order valence-corrected chi connectivity index (χ0v) is 15.9. The number of carbonyl (C=O) groups excluding carboxylic acids is 2. The largest absolute Gasteiger partial charge is 0.507 e. The Bertz CT molecular complexity index is 939. The van der Waals surface area contributed by atoms with Crippen molar-refractivity contribution < 1.29 is 19.1 Å². The van der Waals surface area contributed by atoms with E-state index >= 15 is 0 Å². The Balaban J connectivity index is 1.91. The monoisotopic (exact) mass is 382 g/mol. The molecule has 2 aromatic rings. The molecule has 0 saturated carbocycles. The number of aromatic hydroxyl groups is 1. The Morgan fingerprint density at radius 1 is 1.29 bits per heavy atom. The van der Waals surface area contributed by atoms with Crippen LogP contribution in [-0.2, 0) is 4.79 Å². The van der Waals surface area contributed by atoms with E-state index in [0.29, 0.717) is 24.2 Å². The third-order valence-corrected chi connectivity index (χ3v) is 5.40. The van der Waals surface area contributed by atoms with Crippen molar-refractivity contribution in [3.8, 4) is 5.75 Å². The first-order valence-corrected chi connectivity index (χ1v) is 9.08. The van der Waals surface area contributed by atoms with Crippen LogP contribution in [-0.4, -0.2) is 33.9 Å². The van der Waals surface area contributed by atoms with Crippen LogP contribution in [0.15, 0.2) is 55.1 Å². The molecule has 3 rings (SSSR count). The maximum atomic E-state index is 14.3. The predicted octanol–water partition coefficient (Wildman–Crippen LogP) is 4.06. The summed E-state index contributed by atoms with van der Waals surface area (Å²) in [5.41, 5.74) is 0.406. The molecule has 1 fully saturated rings. The first-order chi connectivity index (χ1) is 13.3. The van der Waals surface area contributed by atoms with Gasteiger partial charge in [0, 0.05) is 23.7 Å². The summed E-state index contributed by atoms with van der Waals surface area (Å²) < 4.78 is 14.3. The van der Waals surface area contributed by atoms with Crippen LogP contribution in [0.25, 0.3) is 0 Å². The highest BCUT2D eigenvalue weighted by Gasteiger charge is 2.45. The number of phenolic OH excluding ortho intramolecular Hbond substituents is 1. The van der Waals surface area contributed by atoms with E-state index in [2.05, 4.69) is 11.9 Å². The number of carbonyl (C=O) groups is 2. The summed E-state index contributed by atoms with van der Waals surface area (Å²) in [7, 11) is 0. The summed E-state index contributed by atoms with van der Waals surface area (Å²) >= 11 is 0. The van der Waals surface area contributed by atoms with Gasteiger partial charge in [0.1, 0.15) is 11.6 Å². The van der Waals surface area contributed by atoms with Gasteiger partial charge in [-0.3, -0.25) is 9.59 Å². The molecule has 1 unspecified atom stereocenters. The van der Waals surface area contributed by atoms with Gasteiger partial charge in [-0.15, -0.1) is 0 Å². The predicted molar refractivity (Wildman–Crippen MR) is 106 cm³/mol. The molecule has 5 nitrogen and oxygen atoms in total. The van der Waals surface area contributed by atoms with Crippen molar-refractivity contribution in [1.29, 1.82) is 0 Å². The Hall–Kier alpha value is -3.15. The Morgan fingerprint density at radius 3 is 2.68 bits per heavy atom. The summed E-state index contributed by atoms with van der Waals surface area (Å²) in [6.07, 6.45) is 1.74. The molecule has 1 aliphatic rings. The van der Waals surface area contributed by atoms with Crippen LogP contribution in [0.4, 0.5) is 10.1 Å². The lowest BCUT2D eigenvalue weighted by Gasteiger charge is -2.36. The number of benzene rings is 2. The van der Waals surface area contributed by atoms with Crippen molar-refractivity contribution in [3.05, 3.63) is 72.1 Å². The molecule has 0 aromatic heterocycles. The first-order valence-electron chi connectivity index (χ1n) is 9.08. The molecule has 146 valence electrons. The molecule has 0 bridgehead atoms. The number of nitrogens with one attached hydrogen (secondary N) is 1. The quantitative estimate of drug-likeness (QED) is 0.619. The molecule has 1 aliphatic heterocycles. The summed E-state index contributed by atoms with van der Waals surface area (Å²) in [6.45, 7) is 7.63. The summed E-state index contributed by atoms with van der Waals surface area (Å²) in [5.74, 6) is -1.40. The van der Waals surface area contributed by atoms with E-state index in [1.165, 1.54) is 24.3 Å². The number of nitrogens with zero attached hydrogens (tertiary/aromatic N) is 1. The molecule has 6 heteroatoms. The van der Waals surface area contributed by atoms with Gasteiger partial charge in [0.25, 0.3) is 5.91 Å². The SMILES string of the molecule is C=CC(=O)Nc1ccc(O)c(C(=O)N2CCC(c3ccccc3F)C2(C)C)c1. The van der Waals surface area contributed by atoms with Crippen LogP contribution in [0.3, 0.4) is 0 Å². The van der Waals surface area contributed by atoms with E-state index in [4.69, 9.17) is 0 Å². The van der Waals surface area contributed by atoms with Gasteiger partial charge >= 0.3 is 0 Å². The van der Waals surface area contributed by atoms with Crippen molar-refractivity contribution in [1.82, 2.24) is 4.90 Å². The fraction of sp³-hybridized carbons (Fsp3) is 0.273. The van der Waals surface area contributed by atoms with Gasteiger partial charge in [-0.2, -0.15) is 0 Å². The molecule has 0 spiro atoms. The fourth-order valence-corrected chi connectivity index (χ4v) is 3.87. The van der Waals surface area contributed by atoms with Gasteiger partial charge < -0.3 is 15.3 Å². The van der Waals surface area contributed by atoms with E-state index in [9.17, 15) is 19.1 Å². The minimum atomic E-state index is -0.647. The zero-order valence-electron chi connectivity index (χ0n) is 15.9. The van der Waals surface area contributed by atoms with Crippen molar-refractivity contribution in [2.45, 2.75) is 31.7 Å². The second-order valence-corrected chi connectivity index (χ2v) is 7.40. The highest BCUT2D eigenvalue weighted by atomic mass is 19.1. The highest BCUT2D eigenvalue weighted by Crippen LogP contribution is 2.43. The standard InChI is InChI=1S/C22H23FN2O3/c1-4-20(27)24-14-9-10-19(26)16(13-14)21(28)25-12-11-17(22(25,2)3)15-7-5-6-8-18(15)23/h4-10,13,17,26H,1,11-12H2,2-3H3,(H,24,27). The van der Waals surface area contributed by atoms with Crippen LogP contribution in [0.2, 0.25) is 0 Å². The molecule has 2 aromatic carbocycles. The molecule has 2 N–H and O–H groups in total. The maximum absolute atomic E-state index is 14.3. The van der Waals surface area contributed by atoms with Gasteiger partial charge in [0.15, 0.2) is 0 Å². The minimum absolute atomic E-state index is 0.0871. The molecule has 1 atom stereocenters. The molecule has 1 saturated heterocycles. The molecule has 2 amide bonds. The van der Waals surface area contributed by atoms with Crippen LogP contribution < -0.4 is 5.32 Å². The van der Waals surface area contributed by atoms with Crippen molar-refractivity contribution in [2.75, 3.05) is 11.9 Å². The van der Waals surface area contributed by atoms with Crippen molar-refractivity contribution >= 4 is 17.5 Å². The number of halogens is 1. The van der Waals surface area contributed by atoms with E-state index in [0.717, 1.165) is 6.08 Å². The third-order valence-electron chi connectivity index (χ3n) is 5.40. The average Bonchev–Trinajstić information content (AvgIpc) is 2.97. The topological polar surface area (TPSA) is 69.6 Å². The van der Waals surface area contributed by atoms with Gasteiger partial charge in [-0.25, -0.2) is 4.39 Å². The number of hydrogen-bond acceptors (Lipinski definition) is 3. The minimum Gasteiger partial charge on any atom is -0.507 e. The first kappa shape index (κ1) is 19.6. The smallest absolute Gasteiger partial charge is 0.258 e. The number of rotatable bonds is 4. The lowest BCUT2D eigenvalue weighted by molar-refractivity contribution is -0.111. The highest BCUT2D eigenvalue weighted by molar-refractivity contribution is 6.02. The Morgan fingerprint density at radius 2 is 2.00 bits per heavy atom. The fourth-order valence-electron chi connectivity index (χ4n) is 3.87. The second-order valence-electron chi connectivity index (χ2n) is 7.40. The maximum Gasteiger partial charge on any atom is 0.258 e. The lowest BCUT2D eigenvalue weighted by atomic mass is 9.82. The Kier molecular flexibility index (Phi) is 5.23. The van der Waals surface area contributed by atoms with Gasteiger partial charge in [0.05, 0.1) is 5.56 Å². The van der Waals surface area contributed by atoms with E-state index < -0.39 is 11.4 Å². The summed E-state index contributed by atoms with van der Waals surface area (Å²) in [6, 6.07) is 10.9. The van der Waals surface area contributed by atoms with Crippen molar-refractivity contribution in [3.63, 3.8) is 0 Å². The molecular weight excluding hydrogens is 359 g/mol. The van der Waals surface area contributed by atoms with Gasteiger partial charge in [-0.05, 0) is 56.2 Å². The van der Waals surface area contributed by atoms with Crippen LogP contribution in [0.5, 0.6) is 5.75 Å². The zero-order chi connectivity index (χ0) is 20.5. The number of hydrogen-bond donors (Lipinski definition) is 2.